The predicted octanol–water partition coefficient (Wildman–Crippen LogP) is 2.75. The average Bonchev–Trinajstić information content (AvgIpc) is 2.34. The van der Waals surface area contributed by atoms with Gasteiger partial charge in [0.1, 0.15) is 6.67 Å². The van der Waals surface area contributed by atoms with E-state index in [1.54, 1.807) is 0 Å². The summed E-state index contributed by atoms with van der Waals surface area (Å²) in [6, 6.07) is 1.18. The van der Waals surface area contributed by atoms with Gasteiger partial charge in [-0.2, -0.15) is 0 Å². The van der Waals surface area contributed by atoms with Gasteiger partial charge in [-0.1, -0.05) is 0 Å². The number of alkyl halides is 3. The van der Waals surface area contributed by atoms with Gasteiger partial charge >= 0.3 is 0 Å². The first-order chi connectivity index (χ1) is 8.54. The van der Waals surface area contributed by atoms with Crippen LogP contribution in [0.3, 0.4) is 0 Å². The molecule has 0 aliphatic rings. The number of anilines is 1. The zero-order chi connectivity index (χ0) is 13.5. The Morgan fingerprint density at radius 2 is 2.28 bits per heavy atom. The molecule has 0 radical (unpaired) electrons. The molecular weight excluding hydrogens is 315 g/mol. The lowest BCUT2D eigenvalue weighted by molar-refractivity contribution is -0.116. The van der Waals surface area contributed by atoms with E-state index in [0.29, 0.717) is 4.47 Å². The third-order valence-electron chi connectivity index (χ3n) is 1.78. The second-order valence-corrected chi connectivity index (χ2v) is 3.98. The lowest BCUT2D eigenvalue weighted by Gasteiger charge is -2.10. The molecule has 1 aromatic rings. The van der Waals surface area contributed by atoms with Crippen LogP contribution in [-0.2, 0) is 4.79 Å². The number of nitrogens with zero attached hydrogens (tertiary/aromatic N) is 1. The molecule has 0 spiro atoms. The molecule has 2 N–H and O–H groups in total. The van der Waals surface area contributed by atoms with E-state index in [0.717, 1.165) is 12.2 Å². The van der Waals surface area contributed by atoms with Crippen LogP contribution in [0.5, 0.6) is 0 Å². The second kappa shape index (κ2) is 7.00. The molecule has 0 atom stereocenters. The second-order valence-electron chi connectivity index (χ2n) is 3.06. The van der Waals surface area contributed by atoms with Crippen LogP contribution in [0.2, 0.25) is 0 Å². The van der Waals surface area contributed by atoms with E-state index in [2.05, 4.69) is 31.8 Å². The highest BCUT2D eigenvalue weighted by Crippen LogP contribution is 2.27. The van der Waals surface area contributed by atoms with Crippen LogP contribution in [0.15, 0.2) is 28.9 Å². The van der Waals surface area contributed by atoms with Crippen molar-refractivity contribution in [3.05, 3.63) is 34.5 Å². The molecule has 1 aromatic heterocycles. The quantitative estimate of drug-likeness (QED) is 0.647. The zero-order valence-electron chi connectivity index (χ0n) is 8.96. The maximum Gasteiger partial charge on any atom is 0.267 e. The highest BCUT2D eigenvalue weighted by Gasteiger charge is 2.14. The summed E-state index contributed by atoms with van der Waals surface area (Å²) in [4.78, 5) is 14.8. The summed E-state index contributed by atoms with van der Waals surface area (Å²) >= 11 is 3.02. The molecule has 1 amide bonds. The number of hydrogen-bond donors (Lipinski definition) is 2. The fourth-order valence-corrected chi connectivity index (χ4v) is 1.39. The van der Waals surface area contributed by atoms with Crippen molar-refractivity contribution < 1.29 is 18.0 Å². The molecule has 98 valence electrons. The van der Waals surface area contributed by atoms with Crippen molar-refractivity contribution in [2.45, 2.75) is 6.43 Å². The predicted molar refractivity (Wildman–Crippen MR) is 63.8 cm³/mol. The fraction of sp³-hybridized carbons (Fsp3) is 0.200. The highest BCUT2D eigenvalue weighted by atomic mass is 79.9. The van der Waals surface area contributed by atoms with E-state index in [9.17, 15) is 18.0 Å². The number of hydrogen-bond acceptors (Lipinski definition) is 3. The van der Waals surface area contributed by atoms with E-state index in [1.807, 2.05) is 0 Å². The highest BCUT2D eigenvalue weighted by molar-refractivity contribution is 9.10. The van der Waals surface area contributed by atoms with Crippen molar-refractivity contribution in [3.63, 3.8) is 0 Å². The smallest absolute Gasteiger partial charge is 0.267 e. The van der Waals surface area contributed by atoms with Gasteiger partial charge in [-0.25, -0.2) is 18.2 Å². The minimum atomic E-state index is -2.74. The Hall–Kier alpha value is -1.57. The molecule has 0 fully saturated rings. The van der Waals surface area contributed by atoms with Crippen LogP contribution in [0.25, 0.3) is 0 Å². The normalized spacial score (nSPS) is 10.9. The number of halogens is 4. The first-order valence-corrected chi connectivity index (χ1v) is 5.56. The van der Waals surface area contributed by atoms with Crippen LogP contribution in [-0.4, -0.2) is 17.6 Å². The van der Waals surface area contributed by atoms with Gasteiger partial charge in [-0.3, -0.25) is 15.6 Å². The Morgan fingerprint density at radius 1 is 1.56 bits per heavy atom. The number of amides is 1. The molecular formula is C10H9BrF3N3O. The van der Waals surface area contributed by atoms with Gasteiger partial charge in [0.05, 0.1) is 5.56 Å². The number of carbonyl (C=O) groups is 1. The number of nitrogens with one attached hydrogen (secondary N) is 2. The van der Waals surface area contributed by atoms with Crippen molar-refractivity contribution in [3.8, 4) is 0 Å². The summed E-state index contributed by atoms with van der Waals surface area (Å²) in [5.41, 5.74) is 3.98. The molecule has 0 aliphatic heterocycles. The minimum absolute atomic E-state index is 0.171. The Balaban J connectivity index is 2.73. The van der Waals surface area contributed by atoms with Crippen LogP contribution < -0.4 is 10.9 Å². The largest absolute Gasteiger partial charge is 0.281 e. The van der Waals surface area contributed by atoms with Crippen LogP contribution in [0, 0.1) is 0 Å². The van der Waals surface area contributed by atoms with Crippen molar-refractivity contribution in [2.24, 2.45) is 0 Å². The van der Waals surface area contributed by atoms with Crippen molar-refractivity contribution in [1.29, 1.82) is 0 Å². The molecule has 4 nitrogen and oxygen atoms in total. The molecule has 0 aliphatic carbocycles. The number of allylic oxidation sites excluding steroid dienone is 1. The van der Waals surface area contributed by atoms with Gasteiger partial charge in [-0.15, -0.1) is 0 Å². The van der Waals surface area contributed by atoms with Gasteiger partial charge in [0, 0.05) is 16.7 Å². The lowest BCUT2D eigenvalue weighted by atomic mass is 10.3. The molecule has 8 heteroatoms. The van der Waals surface area contributed by atoms with Crippen molar-refractivity contribution in [2.75, 3.05) is 12.1 Å². The van der Waals surface area contributed by atoms with E-state index < -0.39 is 19.0 Å². The van der Waals surface area contributed by atoms with Crippen LogP contribution in [0.4, 0.5) is 19.0 Å². The van der Waals surface area contributed by atoms with E-state index in [1.165, 1.54) is 12.3 Å². The standard InChI is InChI=1S/C10H9BrF3N3O/c11-6-4-7(9(13)14)10(15-5-6)17-16-8(18)2-1-3-12/h1-2,4-5,9H,3H2,(H,15,17)(H,16,18)/b2-1+. The summed E-state index contributed by atoms with van der Waals surface area (Å²) in [7, 11) is 0. The molecule has 0 bridgehead atoms. The summed E-state index contributed by atoms with van der Waals surface area (Å²) in [6.45, 7) is -0.785. The van der Waals surface area contributed by atoms with Gasteiger partial charge in [0.15, 0.2) is 5.82 Å². The molecule has 1 heterocycles. The fourth-order valence-electron chi connectivity index (χ4n) is 1.04. The molecule has 0 saturated carbocycles. The molecule has 0 saturated heterocycles. The first-order valence-electron chi connectivity index (χ1n) is 4.76. The maximum absolute atomic E-state index is 12.7. The van der Waals surface area contributed by atoms with Crippen molar-refractivity contribution in [1.82, 2.24) is 10.4 Å². The van der Waals surface area contributed by atoms with E-state index >= 15 is 0 Å². The first kappa shape index (κ1) is 14.5. The van der Waals surface area contributed by atoms with Gasteiger partial charge in [-0.05, 0) is 28.1 Å². The average molecular weight is 324 g/mol. The molecule has 18 heavy (non-hydrogen) atoms. The van der Waals surface area contributed by atoms with Gasteiger partial charge < -0.3 is 0 Å². The Kier molecular flexibility index (Phi) is 5.63. The summed E-state index contributed by atoms with van der Waals surface area (Å²) in [5.74, 6) is -0.840. The minimum Gasteiger partial charge on any atom is -0.281 e. The SMILES string of the molecule is O=C(/C=C/CF)NNc1ncc(Br)cc1C(F)F. The number of hydrazine groups is 1. The van der Waals surface area contributed by atoms with Crippen molar-refractivity contribution >= 4 is 27.7 Å². The summed E-state index contributed by atoms with van der Waals surface area (Å²) < 4.78 is 37.4. The van der Waals surface area contributed by atoms with E-state index in [4.69, 9.17) is 0 Å². The van der Waals surface area contributed by atoms with Gasteiger partial charge in [0.2, 0.25) is 0 Å². The Labute approximate surface area is 109 Å². The Bertz CT molecular complexity index is 454. The van der Waals surface area contributed by atoms with Crippen LogP contribution >= 0.6 is 15.9 Å². The number of carbonyl (C=O) groups excluding carboxylic acids is 1. The number of aromatic nitrogens is 1. The maximum atomic E-state index is 12.7. The zero-order valence-corrected chi connectivity index (χ0v) is 10.5. The van der Waals surface area contributed by atoms with E-state index in [-0.39, 0.29) is 11.4 Å². The lowest BCUT2D eigenvalue weighted by Crippen LogP contribution is -2.28. The summed E-state index contributed by atoms with van der Waals surface area (Å²) in [6.07, 6.45) is 0.488. The molecule has 1 rings (SSSR count). The molecule has 0 aromatic carbocycles. The van der Waals surface area contributed by atoms with Gasteiger partial charge in [0.25, 0.3) is 12.3 Å². The summed E-state index contributed by atoms with van der Waals surface area (Å²) in [5, 5.41) is 0. The molecule has 0 unspecified atom stereocenters. The Morgan fingerprint density at radius 3 is 2.89 bits per heavy atom. The van der Waals surface area contributed by atoms with Crippen LogP contribution in [0.1, 0.15) is 12.0 Å². The monoisotopic (exact) mass is 323 g/mol. The third-order valence-corrected chi connectivity index (χ3v) is 2.21. The third kappa shape index (κ3) is 4.36. The topological polar surface area (TPSA) is 54.0 Å². The number of pyridine rings is 1. The number of rotatable bonds is 5.